The fourth-order valence-corrected chi connectivity index (χ4v) is 2.15. The van der Waals surface area contributed by atoms with E-state index in [1.54, 1.807) is 0 Å². The lowest BCUT2D eigenvalue weighted by molar-refractivity contribution is -0.696. The van der Waals surface area contributed by atoms with Crippen molar-refractivity contribution in [3.05, 3.63) is 37.4 Å². The second-order valence-corrected chi connectivity index (χ2v) is 4.78. The quantitative estimate of drug-likeness (QED) is 0.659. The maximum Gasteiger partial charge on any atom is 0.243 e. The van der Waals surface area contributed by atoms with Gasteiger partial charge in [0.15, 0.2) is 0 Å². The number of aryl methyl sites for hydroxylation is 4. The van der Waals surface area contributed by atoms with Gasteiger partial charge in [-0.3, -0.25) is 0 Å². The van der Waals surface area contributed by atoms with Gasteiger partial charge in [0.1, 0.15) is 37.9 Å². The van der Waals surface area contributed by atoms with Crippen molar-refractivity contribution < 1.29 is 9.13 Å². The normalized spacial score (nSPS) is 11.0. The van der Waals surface area contributed by atoms with Crippen LogP contribution in [0.2, 0.25) is 0 Å². The minimum absolute atomic E-state index is 1.03. The van der Waals surface area contributed by atoms with Crippen LogP contribution < -0.4 is 9.13 Å². The van der Waals surface area contributed by atoms with E-state index >= 15 is 0 Å². The molecule has 4 heteroatoms. The predicted octanol–water partition coefficient (Wildman–Crippen LogP) is 1.38. The van der Waals surface area contributed by atoms with Crippen LogP contribution in [0, 0.1) is 0 Å². The summed E-state index contributed by atoms with van der Waals surface area (Å²) in [4.78, 5) is 0. The highest BCUT2D eigenvalue weighted by atomic mass is 15.2. The van der Waals surface area contributed by atoms with Gasteiger partial charge in [-0.15, -0.1) is 0 Å². The Morgan fingerprint density at radius 3 is 1.61 bits per heavy atom. The SMILES string of the molecule is CCC[n+]1ccn(CCn2cc[n+](CCC)c2)c1. The average Bonchev–Trinajstić information content (AvgIpc) is 2.97. The van der Waals surface area contributed by atoms with Gasteiger partial charge in [0, 0.05) is 0 Å². The van der Waals surface area contributed by atoms with Gasteiger partial charge in [0.25, 0.3) is 0 Å². The Kier molecular flexibility index (Phi) is 4.56. The molecule has 0 amide bonds. The Bertz CT molecular complexity index is 425. The van der Waals surface area contributed by atoms with E-state index in [9.17, 15) is 0 Å². The van der Waals surface area contributed by atoms with E-state index in [-0.39, 0.29) is 0 Å². The zero-order valence-electron chi connectivity index (χ0n) is 11.5. The highest BCUT2D eigenvalue weighted by molar-refractivity contribution is 4.69. The topological polar surface area (TPSA) is 17.6 Å². The summed E-state index contributed by atoms with van der Waals surface area (Å²) in [5.74, 6) is 0. The molecular formula is C14H24N4+2. The van der Waals surface area contributed by atoms with Gasteiger partial charge in [-0.1, -0.05) is 13.8 Å². The molecule has 2 rings (SSSR count). The van der Waals surface area contributed by atoms with Gasteiger partial charge in [-0.2, -0.15) is 0 Å². The Morgan fingerprint density at radius 2 is 1.22 bits per heavy atom. The largest absolute Gasteiger partial charge is 0.243 e. The van der Waals surface area contributed by atoms with Crippen molar-refractivity contribution in [1.29, 1.82) is 0 Å². The Labute approximate surface area is 109 Å². The van der Waals surface area contributed by atoms with Crippen molar-refractivity contribution >= 4 is 0 Å². The molecule has 0 fully saturated rings. The molecule has 4 nitrogen and oxygen atoms in total. The molecule has 98 valence electrons. The molecule has 0 aliphatic rings. The Morgan fingerprint density at radius 1 is 0.778 bits per heavy atom. The second kappa shape index (κ2) is 6.38. The monoisotopic (exact) mass is 248 g/mol. The smallest absolute Gasteiger partial charge is 0.237 e. The van der Waals surface area contributed by atoms with Crippen LogP contribution in [0.5, 0.6) is 0 Å². The summed E-state index contributed by atoms with van der Waals surface area (Å²) in [6.45, 7) is 8.67. The minimum Gasteiger partial charge on any atom is -0.237 e. The zero-order valence-corrected chi connectivity index (χ0v) is 11.5. The average molecular weight is 248 g/mol. The van der Waals surface area contributed by atoms with Gasteiger partial charge in [0.05, 0.1) is 13.1 Å². The molecule has 0 N–H and O–H groups in total. The minimum atomic E-state index is 1.03. The van der Waals surface area contributed by atoms with E-state index in [2.05, 4.69) is 69.6 Å². The fourth-order valence-electron chi connectivity index (χ4n) is 2.15. The van der Waals surface area contributed by atoms with Crippen molar-refractivity contribution in [2.24, 2.45) is 0 Å². The Balaban J connectivity index is 1.85. The van der Waals surface area contributed by atoms with Crippen LogP contribution in [0.15, 0.2) is 37.4 Å². The maximum absolute atomic E-state index is 2.25. The van der Waals surface area contributed by atoms with Crippen LogP contribution in [0.25, 0.3) is 0 Å². The first-order chi connectivity index (χ1) is 8.81. The molecular weight excluding hydrogens is 224 g/mol. The number of rotatable bonds is 7. The lowest BCUT2D eigenvalue weighted by atomic mass is 10.5. The van der Waals surface area contributed by atoms with Crippen molar-refractivity contribution in [3.63, 3.8) is 0 Å². The third-order valence-corrected chi connectivity index (χ3v) is 3.07. The third kappa shape index (κ3) is 3.45. The number of hydrogen-bond acceptors (Lipinski definition) is 0. The summed E-state index contributed by atoms with van der Waals surface area (Å²) in [6, 6.07) is 0. The summed E-state index contributed by atoms with van der Waals surface area (Å²) in [6.07, 6.45) is 15.3. The molecule has 0 aliphatic heterocycles. The molecule has 0 atom stereocenters. The van der Waals surface area contributed by atoms with E-state index in [1.165, 1.54) is 12.8 Å². The molecule has 0 radical (unpaired) electrons. The molecule has 0 aromatic carbocycles. The van der Waals surface area contributed by atoms with E-state index in [4.69, 9.17) is 0 Å². The molecule has 0 aliphatic carbocycles. The second-order valence-electron chi connectivity index (χ2n) is 4.78. The van der Waals surface area contributed by atoms with Crippen LogP contribution in [0.4, 0.5) is 0 Å². The number of imidazole rings is 2. The van der Waals surface area contributed by atoms with Crippen LogP contribution >= 0.6 is 0 Å². The van der Waals surface area contributed by atoms with Gasteiger partial charge in [-0.05, 0) is 12.8 Å². The number of hydrogen-bond donors (Lipinski definition) is 0. The first-order valence-electron chi connectivity index (χ1n) is 6.91. The van der Waals surface area contributed by atoms with Crippen LogP contribution in [-0.4, -0.2) is 9.13 Å². The van der Waals surface area contributed by atoms with E-state index in [0.717, 1.165) is 26.2 Å². The summed E-state index contributed by atoms with van der Waals surface area (Å²) < 4.78 is 8.99. The molecule has 2 heterocycles. The van der Waals surface area contributed by atoms with Crippen LogP contribution in [0.3, 0.4) is 0 Å². The molecule has 0 spiro atoms. The summed E-state index contributed by atoms with van der Waals surface area (Å²) in [5.41, 5.74) is 0. The molecule has 0 saturated heterocycles. The highest BCUT2D eigenvalue weighted by Crippen LogP contribution is 1.91. The number of nitrogens with zero attached hydrogens (tertiary/aromatic N) is 4. The molecule has 0 bridgehead atoms. The lowest BCUT2D eigenvalue weighted by Gasteiger charge is -1.94. The Hall–Kier alpha value is -1.58. The van der Waals surface area contributed by atoms with Gasteiger partial charge < -0.3 is 0 Å². The predicted molar refractivity (Wildman–Crippen MR) is 69.8 cm³/mol. The molecule has 0 unspecified atom stereocenters. The van der Waals surface area contributed by atoms with Gasteiger partial charge in [0.2, 0.25) is 12.7 Å². The van der Waals surface area contributed by atoms with Crippen molar-refractivity contribution in [3.8, 4) is 0 Å². The number of aromatic nitrogens is 4. The van der Waals surface area contributed by atoms with Crippen molar-refractivity contribution in [2.75, 3.05) is 0 Å². The van der Waals surface area contributed by atoms with E-state index < -0.39 is 0 Å². The maximum atomic E-state index is 2.25. The first kappa shape index (κ1) is 12.9. The molecule has 2 aromatic rings. The molecule has 0 saturated carbocycles. The van der Waals surface area contributed by atoms with Gasteiger partial charge >= 0.3 is 0 Å². The molecule has 2 aromatic heterocycles. The summed E-state index contributed by atoms with van der Waals surface area (Å²) in [5, 5.41) is 0. The standard InChI is InChI=1S/C14H24N4/c1-3-5-15-7-9-17(13-15)11-12-18-10-8-16(14-18)6-4-2/h7-10,13-14H,3-6,11-12H2,1-2H3/q+2. The van der Waals surface area contributed by atoms with Crippen LogP contribution in [0.1, 0.15) is 26.7 Å². The third-order valence-electron chi connectivity index (χ3n) is 3.07. The van der Waals surface area contributed by atoms with Crippen molar-refractivity contribution in [2.45, 2.75) is 52.9 Å². The van der Waals surface area contributed by atoms with Crippen molar-refractivity contribution in [1.82, 2.24) is 9.13 Å². The molecule has 18 heavy (non-hydrogen) atoms. The fraction of sp³-hybridized carbons (Fsp3) is 0.571. The first-order valence-corrected chi connectivity index (χ1v) is 6.91. The lowest BCUT2D eigenvalue weighted by Crippen LogP contribution is -2.31. The van der Waals surface area contributed by atoms with E-state index in [0.29, 0.717) is 0 Å². The summed E-state index contributed by atoms with van der Waals surface area (Å²) >= 11 is 0. The summed E-state index contributed by atoms with van der Waals surface area (Å²) in [7, 11) is 0. The zero-order chi connectivity index (χ0) is 12.8. The highest BCUT2D eigenvalue weighted by Gasteiger charge is 2.06. The van der Waals surface area contributed by atoms with Crippen LogP contribution in [-0.2, 0) is 26.2 Å². The van der Waals surface area contributed by atoms with E-state index in [1.807, 2.05) is 0 Å². The van der Waals surface area contributed by atoms with Gasteiger partial charge in [-0.25, -0.2) is 18.3 Å².